The zero-order valence-electron chi connectivity index (χ0n) is 15.6. The molecule has 1 unspecified atom stereocenters. The number of benzene rings is 2. The molecule has 0 fully saturated rings. The lowest BCUT2D eigenvalue weighted by Crippen LogP contribution is -2.21. The third-order valence-corrected chi connectivity index (χ3v) is 4.61. The van der Waals surface area contributed by atoms with Crippen molar-refractivity contribution < 1.29 is 38.0 Å². The Morgan fingerprint density at radius 2 is 1.64 bits per heavy atom. The van der Waals surface area contributed by atoms with E-state index in [1.54, 1.807) is 18.2 Å². The van der Waals surface area contributed by atoms with Crippen LogP contribution in [0.25, 0.3) is 0 Å². The molecule has 1 atom stereocenters. The average Bonchev–Trinajstić information content (AvgIpc) is 3.12. The number of fused-ring (bicyclic) bond motifs is 2. The topological polar surface area (TPSA) is 89.5 Å². The van der Waals surface area contributed by atoms with Crippen molar-refractivity contribution in [3.05, 3.63) is 35.4 Å². The molecule has 2 aromatic rings. The number of rotatable bonds is 4. The standard InChI is InChI=1S/C20H18O8/c1-10(21)27-20-17(23-2)4-11(5-18(20)24-3)12-7-19(22)28-14-8-16-15(6-13(12)14)25-9-26-16/h4-6,8,12H,7,9H2,1-3H3. The lowest BCUT2D eigenvalue weighted by atomic mass is 9.86. The minimum Gasteiger partial charge on any atom is -0.493 e. The molecule has 0 spiro atoms. The summed E-state index contributed by atoms with van der Waals surface area (Å²) in [6.45, 7) is 1.42. The minimum absolute atomic E-state index is 0.121. The Morgan fingerprint density at radius 1 is 1.00 bits per heavy atom. The van der Waals surface area contributed by atoms with E-state index in [0.29, 0.717) is 28.7 Å². The number of methoxy groups -OCH3 is 2. The van der Waals surface area contributed by atoms with Gasteiger partial charge in [0.05, 0.1) is 20.6 Å². The van der Waals surface area contributed by atoms with E-state index in [9.17, 15) is 9.59 Å². The predicted octanol–water partition coefficient (Wildman–Crippen LogP) is 2.80. The molecule has 2 aromatic carbocycles. The monoisotopic (exact) mass is 386 g/mol. The van der Waals surface area contributed by atoms with Gasteiger partial charge in [0.1, 0.15) is 5.75 Å². The minimum atomic E-state index is -0.497. The van der Waals surface area contributed by atoms with Crippen LogP contribution in [0.2, 0.25) is 0 Å². The molecule has 0 aromatic heterocycles. The maximum atomic E-state index is 12.2. The van der Waals surface area contributed by atoms with Gasteiger partial charge in [0.2, 0.25) is 12.5 Å². The normalized spacial score (nSPS) is 16.8. The van der Waals surface area contributed by atoms with Crippen molar-refractivity contribution >= 4 is 11.9 Å². The Labute approximate surface area is 160 Å². The Bertz CT molecular complexity index is 940. The Kier molecular flexibility index (Phi) is 4.46. The molecule has 146 valence electrons. The summed E-state index contributed by atoms with van der Waals surface area (Å²) in [6.07, 6.45) is 0.131. The molecule has 0 saturated heterocycles. The molecule has 0 radical (unpaired) electrons. The molecular weight excluding hydrogens is 368 g/mol. The second-order valence-electron chi connectivity index (χ2n) is 6.32. The predicted molar refractivity (Wildman–Crippen MR) is 95.5 cm³/mol. The summed E-state index contributed by atoms with van der Waals surface area (Å²) in [5, 5.41) is 0. The SMILES string of the molecule is COc1cc(C2CC(=O)Oc3cc4c(cc32)OCO4)cc(OC)c1OC(C)=O. The van der Waals surface area contributed by atoms with E-state index in [4.69, 9.17) is 28.4 Å². The van der Waals surface area contributed by atoms with E-state index in [-0.39, 0.29) is 30.9 Å². The summed E-state index contributed by atoms with van der Waals surface area (Å²) in [7, 11) is 2.93. The van der Waals surface area contributed by atoms with Crippen molar-refractivity contribution in [2.75, 3.05) is 21.0 Å². The lowest BCUT2D eigenvalue weighted by molar-refractivity contribution is -0.135. The van der Waals surface area contributed by atoms with Crippen molar-refractivity contribution in [3.63, 3.8) is 0 Å². The first kappa shape index (κ1) is 18.0. The molecule has 2 aliphatic heterocycles. The fraction of sp³-hybridized carbons (Fsp3) is 0.300. The van der Waals surface area contributed by atoms with Crippen LogP contribution in [0.5, 0.6) is 34.5 Å². The Hall–Kier alpha value is -3.42. The molecule has 28 heavy (non-hydrogen) atoms. The molecule has 2 heterocycles. The smallest absolute Gasteiger partial charge is 0.312 e. The molecule has 8 heteroatoms. The van der Waals surface area contributed by atoms with Gasteiger partial charge in [-0.25, -0.2) is 0 Å². The fourth-order valence-corrected chi connectivity index (χ4v) is 3.38. The second-order valence-corrected chi connectivity index (χ2v) is 6.32. The number of ether oxygens (including phenoxy) is 6. The van der Waals surface area contributed by atoms with Crippen LogP contribution < -0.4 is 28.4 Å². The number of hydrogen-bond donors (Lipinski definition) is 0. The highest BCUT2D eigenvalue weighted by Crippen LogP contribution is 2.48. The Morgan fingerprint density at radius 3 is 2.25 bits per heavy atom. The quantitative estimate of drug-likeness (QED) is 0.585. The van der Waals surface area contributed by atoms with Gasteiger partial charge < -0.3 is 28.4 Å². The molecular formula is C20H18O8. The van der Waals surface area contributed by atoms with Crippen molar-refractivity contribution in [3.8, 4) is 34.5 Å². The molecule has 4 rings (SSSR count). The van der Waals surface area contributed by atoms with E-state index >= 15 is 0 Å². The van der Waals surface area contributed by atoms with Gasteiger partial charge in [-0.2, -0.15) is 0 Å². The van der Waals surface area contributed by atoms with Crippen molar-refractivity contribution in [1.82, 2.24) is 0 Å². The van der Waals surface area contributed by atoms with Gasteiger partial charge in [-0.3, -0.25) is 9.59 Å². The highest BCUT2D eigenvalue weighted by atomic mass is 16.7. The van der Waals surface area contributed by atoms with Gasteiger partial charge in [-0.15, -0.1) is 0 Å². The third kappa shape index (κ3) is 3.06. The molecule has 0 saturated carbocycles. The summed E-state index contributed by atoms with van der Waals surface area (Å²) in [4.78, 5) is 23.6. The third-order valence-electron chi connectivity index (χ3n) is 4.61. The van der Waals surface area contributed by atoms with E-state index < -0.39 is 5.97 Å². The zero-order chi connectivity index (χ0) is 19.8. The van der Waals surface area contributed by atoms with Crippen LogP contribution >= 0.6 is 0 Å². The summed E-state index contributed by atoms with van der Waals surface area (Å²) >= 11 is 0. The number of esters is 2. The lowest BCUT2D eigenvalue weighted by Gasteiger charge is -2.26. The molecule has 0 amide bonds. The van der Waals surface area contributed by atoms with Crippen molar-refractivity contribution in [2.45, 2.75) is 19.3 Å². The summed E-state index contributed by atoms with van der Waals surface area (Å²) in [6, 6.07) is 6.91. The van der Waals surface area contributed by atoms with Crippen LogP contribution in [0.15, 0.2) is 24.3 Å². The summed E-state index contributed by atoms with van der Waals surface area (Å²) in [5.41, 5.74) is 1.54. The van der Waals surface area contributed by atoms with E-state index in [0.717, 1.165) is 11.1 Å². The summed E-state index contributed by atoms with van der Waals surface area (Å²) < 4.78 is 32.2. The molecule has 8 nitrogen and oxygen atoms in total. The first-order valence-electron chi connectivity index (χ1n) is 8.58. The Balaban J connectivity index is 1.83. The number of carbonyl (C=O) groups excluding carboxylic acids is 2. The van der Waals surface area contributed by atoms with Crippen molar-refractivity contribution in [2.24, 2.45) is 0 Å². The van der Waals surface area contributed by atoms with E-state index in [1.807, 2.05) is 6.07 Å². The summed E-state index contributed by atoms with van der Waals surface area (Å²) in [5.74, 6) is 1.21. The van der Waals surface area contributed by atoms with Crippen molar-refractivity contribution in [1.29, 1.82) is 0 Å². The van der Waals surface area contributed by atoms with Crippen LogP contribution in [0, 0.1) is 0 Å². The molecule has 0 aliphatic carbocycles. The average molecular weight is 386 g/mol. The second kappa shape index (κ2) is 6.95. The highest BCUT2D eigenvalue weighted by molar-refractivity contribution is 5.79. The van der Waals surface area contributed by atoms with Crippen LogP contribution in [0.1, 0.15) is 30.4 Å². The van der Waals surface area contributed by atoms with Crippen LogP contribution in [-0.2, 0) is 9.59 Å². The molecule has 2 aliphatic rings. The zero-order valence-corrected chi connectivity index (χ0v) is 15.6. The van der Waals surface area contributed by atoms with Gasteiger partial charge in [0.25, 0.3) is 0 Å². The largest absolute Gasteiger partial charge is 0.493 e. The highest BCUT2D eigenvalue weighted by Gasteiger charge is 2.33. The first-order valence-corrected chi connectivity index (χ1v) is 8.58. The van der Waals surface area contributed by atoms with Gasteiger partial charge in [-0.05, 0) is 23.8 Å². The fourth-order valence-electron chi connectivity index (χ4n) is 3.38. The molecule has 0 N–H and O–H groups in total. The maximum absolute atomic E-state index is 12.2. The van der Waals surface area contributed by atoms with Crippen LogP contribution in [0.3, 0.4) is 0 Å². The molecule has 0 bridgehead atoms. The number of carbonyl (C=O) groups is 2. The van der Waals surface area contributed by atoms with Crippen LogP contribution in [-0.4, -0.2) is 33.0 Å². The van der Waals surface area contributed by atoms with E-state index in [1.165, 1.54) is 21.1 Å². The van der Waals surface area contributed by atoms with Crippen LogP contribution in [0.4, 0.5) is 0 Å². The van der Waals surface area contributed by atoms with Gasteiger partial charge in [0.15, 0.2) is 23.0 Å². The first-order chi connectivity index (χ1) is 13.5. The number of hydrogen-bond acceptors (Lipinski definition) is 8. The van der Waals surface area contributed by atoms with E-state index in [2.05, 4.69) is 0 Å². The van der Waals surface area contributed by atoms with Gasteiger partial charge in [-0.1, -0.05) is 0 Å². The van der Waals surface area contributed by atoms with Gasteiger partial charge >= 0.3 is 11.9 Å². The maximum Gasteiger partial charge on any atom is 0.312 e. The van der Waals surface area contributed by atoms with Gasteiger partial charge in [0, 0.05) is 24.5 Å².